The van der Waals surface area contributed by atoms with Gasteiger partial charge in [0, 0.05) is 25.2 Å². The summed E-state index contributed by atoms with van der Waals surface area (Å²) < 4.78 is 5.23. The average Bonchev–Trinajstić information content (AvgIpc) is 2.95. The number of carbonyl (C=O) groups is 2. The zero-order valence-electron chi connectivity index (χ0n) is 13.1. The van der Waals surface area contributed by atoms with Crippen molar-refractivity contribution in [3.05, 3.63) is 16.1 Å². The quantitative estimate of drug-likeness (QED) is 0.884. The molecule has 2 rings (SSSR count). The van der Waals surface area contributed by atoms with Crippen molar-refractivity contribution in [1.82, 2.24) is 10.3 Å². The first kappa shape index (κ1) is 16.9. The van der Waals surface area contributed by atoms with Gasteiger partial charge in [-0.2, -0.15) is 0 Å². The van der Waals surface area contributed by atoms with Crippen LogP contribution >= 0.6 is 11.3 Å². The van der Waals surface area contributed by atoms with E-state index in [0.29, 0.717) is 30.9 Å². The summed E-state index contributed by atoms with van der Waals surface area (Å²) in [6.07, 6.45) is 0.828. The Balaban J connectivity index is 2.09. The fraction of sp³-hybridized carbons (Fsp3) is 0.667. The minimum absolute atomic E-state index is 0.117. The number of ether oxygens (including phenoxy) is 1. The molecule has 6 nitrogen and oxygen atoms in total. The summed E-state index contributed by atoms with van der Waals surface area (Å²) in [6.45, 7) is 6.93. The van der Waals surface area contributed by atoms with Crippen LogP contribution in [0.1, 0.15) is 49.0 Å². The van der Waals surface area contributed by atoms with Crippen molar-refractivity contribution in [3.8, 4) is 0 Å². The van der Waals surface area contributed by atoms with Gasteiger partial charge < -0.3 is 15.2 Å². The van der Waals surface area contributed by atoms with Crippen molar-refractivity contribution in [1.29, 1.82) is 0 Å². The molecule has 22 heavy (non-hydrogen) atoms. The highest BCUT2D eigenvalue weighted by atomic mass is 32.1. The zero-order chi connectivity index (χ0) is 16.4. The van der Waals surface area contributed by atoms with Gasteiger partial charge in [-0.25, -0.2) is 4.98 Å². The molecule has 1 aliphatic heterocycles. The Morgan fingerprint density at radius 2 is 2.05 bits per heavy atom. The Morgan fingerprint density at radius 1 is 1.41 bits per heavy atom. The highest BCUT2D eigenvalue weighted by Gasteiger charge is 2.40. The number of nitrogens with one attached hydrogen (secondary N) is 1. The van der Waals surface area contributed by atoms with E-state index in [2.05, 4.69) is 10.3 Å². The first-order valence-electron chi connectivity index (χ1n) is 7.30. The minimum Gasteiger partial charge on any atom is -0.481 e. The van der Waals surface area contributed by atoms with Crippen molar-refractivity contribution in [3.63, 3.8) is 0 Å². The zero-order valence-corrected chi connectivity index (χ0v) is 14.0. The molecule has 2 N–H and O–H groups in total. The van der Waals surface area contributed by atoms with Gasteiger partial charge in [-0.3, -0.25) is 9.59 Å². The number of hydrogen-bond donors (Lipinski definition) is 2. The summed E-state index contributed by atoms with van der Waals surface area (Å²) in [5, 5.41) is 12.3. The van der Waals surface area contributed by atoms with Crippen molar-refractivity contribution in [2.75, 3.05) is 19.8 Å². The molecule has 1 saturated heterocycles. The molecular formula is C15H22N2O4S. The second kappa shape index (κ2) is 6.34. The number of thiazole rings is 1. The van der Waals surface area contributed by atoms with E-state index in [4.69, 9.17) is 4.74 Å². The Hall–Kier alpha value is -1.47. The summed E-state index contributed by atoms with van der Waals surface area (Å²) in [5.41, 5.74) is 1.24. The lowest BCUT2D eigenvalue weighted by Crippen LogP contribution is -2.46. The maximum absolute atomic E-state index is 12.4. The number of hydrogen-bond acceptors (Lipinski definition) is 5. The third kappa shape index (κ3) is 3.47. The van der Waals surface area contributed by atoms with E-state index >= 15 is 0 Å². The van der Waals surface area contributed by atoms with Gasteiger partial charge in [0.15, 0.2) is 0 Å². The van der Waals surface area contributed by atoms with E-state index in [9.17, 15) is 14.7 Å². The number of amides is 1. The first-order valence-corrected chi connectivity index (χ1v) is 8.17. The minimum atomic E-state index is -0.930. The Kier molecular flexibility index (Phi) is 4.87. The van der Waals surface area contributed by atoms with Crippen LogP contribution in [-0.4, -0.2) is 41.7 Å². The van der Waals surface area contributed by atoms with Crippen LogP contribution in [0.5, 0.6) is 0 Å². The number of nitrogens with zero attached hydrogens (tertiary/aromatic N) is 1. The summed E-state index contributed by atoms with van der Waals surface area (Å²) in [5.74, 6) is -1.13. The molecular weight excluding hydrogens is 304 g/mol. The highest BCUT2D eigenvalue weighted by Crippen LogP contribution is 2.31. The van der Waals surface area contributed by atoms with Crippen LogP contribution in [-0.2, 0) is 14.9 Å². The van der Waals surface area contributed by atoms with Gasteiger partial charge >= 0.3 is 5.97 Å². The summed E-state index contributed by atoms with van der Waals surface area (Å²) >= 11 is 1.28. The number of rotatable bonds is 4. The lowest BCUT2D eigenvalue weighted by atomic mass is 9.80. The molecule has 1 fully saturated rings. The summed E-state index contributed by atoms with van der Waals surface area (Å²) in [6, 6.07) is 0. The third-order valence-corrected chi connectivity index (χ3v) is 4.80. The molecule has 122 valence electrons. The number of aliphatic carboxylic acids is 1. The molecule has 1 aliphatic rings. The van der Waals surface area contributed by atoms with E-state index < -0.39 is 11.4 Å². The number of carboxylic acids is 1. The van der Waals surface area contributed by atoms with Gasteiger partial charge in [0.1, 0.15) is 4.88 Å². The predicted octanol–water partition coefficient (Wildman–Crippen LogP) is 2.05. The Bertz CT molecular complexity index is 556. The van der Waals surface area contributed by atoms with Gasteiger partial charge in [0.2, 0.25) is 0 Å². The Labute approximate surface area is 133 Å². The molecule has 0 unspecified atom stereocenters. The fourth-order valence-electron chi connectivity index (χ4n) is 2.50. The highest BCUT2D eigenvalue weighted by molar-refractivity contribution is 7.11. The third-order valence-electron chi connectivity index (χ3n) is 3.97. The molecule has 0 radical (unpaired) electrons. The largest absolute Gasteiger partial charge is 0.481 e. The lowest BCUT2D eigenvalue weighted by molar-refractivity contribution is -0.154. The molecule has 1 amide bonds. The SMILES string of the molecule is CC(C)(C)c1ncsc1C(=O)NCC1(C(=O)O)CCOCC1. The maximum Gasteiger partial charge on any atom is 0.311 e. The van der Waals surface area contributed by atoms with Gasteiger partial charge in [0.05, 0.1) is 16.6 Å². The topological polar surface area (TPSA) is 88.5 Å². The lowest BCUT2D eigenvalue weighted by Gasteiger charge is -2.33. The van der Waals surface area contributed by atoms with Gasteiger partial charge in [-0.1, -0.05) is 20.8 Å². The molecule has 2 heterocycles. The van der Waals surface area contributed by atoms with E-state index in [1.54, 1.807) is 5.51 Å². The number of carbonyl (C=O) groups excluding carboxylic acids is 1. The van der Waals surface area contributed by atoms with E-state index in [1.165, 1.54) is 11.3 Å². The van der Waals surface area contributed by atoms with Crippen molar-refractivity contribution >= 4 is 23.2 Å². The molecule has 0 spiro atoms. The van der Waals surface area contributed by atoms with Crippen LogP contribution < -0.4 is 5.32 Å². The monoisotopic (exact) mass is 326 g/mol. The van der Waals surface area contributed by atoms with Crippen LogP contribution in [0.4, 0.5) is 0 Å². The fourth-order valence-corrected chi connectivity index (χ4v) is 3.41. The number of carboxylic acid groups (broad SMARTS) is 1. The van der Waals surface area contributed by atoms with E-state index in [1.807, 2.05) is 20.8 Å². The molecule has 7 heteroatoms. The van der Waals surface area contributed by atoms with Crippen LogP contribution in [0.15, 0.2) is 5.51 Å². The normalized spacial score (nSPS) is 18.0. The second-order valence-corrected chi connectivity index (χ2v) is 7.52. The van der Waals surface area contributed by atoms with Gasteiger partial charge in [-0.05, 0) is 12.8 Å². The molecule has 1 aromatic rings. The molecule has 0 saturated carbocycles. The smallest absolute Gasteiger partial charge is 0.311 e. The molecule has 0 bridgehead atoms. The van der Waals surface area contributed by atoms with Crippen LogP contribution in [0.25, 0.3) is 0 Å². The van der Waals surface area contributed by atoms with Crippen LogP contribution in [0.2, 0.25) is 0 Å². The average molecular weight is 326 g/mol. The predicted molar refractivity (Wildman–Crippen MR) is 83.3 cm³/mol. The van der Waals surface area contributed by atoms with Crippen molar-refractivity contribution < 1.29 is 19.4 Å². The summed E-state index contributed by atoms with van der Waals surface area (Å²) in [7, 11) is 0. The number of aromatic nitrogens is 1. The van der Waals surface area contributed by atoms with Crippen molar-refractivity contribution in [2.24, 2.45) is 5.41 Å². The molecule has 0 atom stereocenters. The summed E-state index contributed by atoms with van der Waals surface area (Å²) in [4.78, 5) is 28.8. The first-order chi connectivity index (χ1) is 10.3. The second-order valence-electron chi connectivity index (χ2n) is 6.66. The van der Waals surface area contributed by atoms with Gasteiger partial charge in [0.25, 0.3) is 5.91 Å². The molecule has 1 aromatic heterocycles. The van der Waals surface area contributed by atoms with Crippen LogP contribution in [0.3, 0.4) is 0 Å². The Morgan fingerprint density at radius 3 is 2.59 bits per heavy atom. The maximum atomic E-state index is 12.4. The van der Waals surface area contributed by atoms with Crippen molar-refractivity contribution in [2.45, 2.75) is 39.0 Å². The van der Waals surface area contributed by atoms with Gasteiger partial charge in [-0.15, -0.1) is 11.3 Å². The van der Waals surface area contributed by atoms with E-state index in [-0.39, 0.29) is 17.9 Å². The molecule has 0 aliphatic carbocycles. The van der Waals surface area contributed by atoms with E-state index in [0.717, 1.165) is 5.69 Å². The molecule has 0 aromatic carbocycles. The van der Waals surface area contributed by atoms with Crippen LogP contribution in [0, 0.1) is 5.41 Å². The standard InChI is InChI=1S/C15H22N2O4S/c1-14(2,3)11-10(22-9-17-11)12(18)16-8-15(13(19)20)4-6-21-7-5-15/h9H,4-8H2,1-3H3,(H,16,18)(H,19,20).